The smallest absolute Gasteiger partial charge is 0.272 e. The summed E-state index contributed by atoms with van der Waals surface area (Å²) in [5, 5.41) is 1.84. The molecular weight excluding hydrogens is 443 g/mol. The molecule has 0 fully saturated rings. The lowest BCUT2D eigenvalue weighted by Crippen LogP contribution is -2.42. The Morgan fingerprint density at radius 3 is 2.68 bits per heavy atom. The summed E-state index contributed by atoms with van der Waals surface area (Å²) in [6, 6.07) is 14.7. The van der Waals surface area contributed by atoms with Crippen LogP contribution in [0.3, 0.4) is 0 Å². The van der Waals surface area contributed by atoms with Gasteiger partial charge >= 0.3 is 0 Å². The van der Waals surface area contributed by atoms with Crippen LogP contribution in [0.5, 0.6) is 11.5 Å². The molecule has 2 aromatic carbocycles. The lowest BCUT2D eigenvalue weighted by molar-refractivity contribution is 0.0988. The SMILES string of the molecule is CN1CCN(C(=O)c2sccc2Oc2ccc(CF)cc2Br)c2ccccc21. The molecule has 0 N–H and O–H groups in total. The number of anilines is 2. The number of hydrogen-bond acceptors (Lipinski definition) is 4. The van der Waals surface area contributed by atoms with Crippen molar-refractivity contribution >= 4 is 44.5 Å². The summed E-state index contributed by atoms with van der Waals surface area (Å²) in [4.78, 5) is 17.8. The normalized spacial score (nSPS) is 13.4. The van der Waals surface area contributed by atoms with Crippen molar-refractivity contribution in [2.75, 3.05) is 29.9 Å². The first kappa shape index (κ1) is 19.0. The molecule has 7 heteroatoms. The van der Waals surface area contributed by atoms with E-state index >= 15 is 0 Å². The van der Waals surface area contributed by atoms with Crippen LogP contribution in [0.1, 0.15) is 15.2 Å². The zero-order valence-electron chi connectivity index (χ0n) is 15.2. The first-order valence-corrected chi connectivity index (χ1v) is 10.5. The number of rotatable bonds is 4. The third-order valence-corrected chi connectivity index (χ3v) is 6.19. The second-order valence-electron chi connectivity index (χ2n) is 6.48. The van der Waals surface area contributed by atoms with Crippen molar-refractivity contribution in [3.05, 3.63) is 68.8 Å². The summed E-state index contributed by atoms with van der Waals surface area (Å²) in [5.41, 5.74) is 2.50. The highest BCUT2D eigenvalue weighted by Gasteiger charge is 2.28. The van der Waals surface area contributed by atoms with E-state index in [0.717, 1.165) is 17.9 Å². The number of benzene rings is 2. The summed E-state index contributed by atoms with van der Waals surface area (Å²) in [7, 11) is 2.03. The molecule has 2 heterocycles. The highest BCUT2D eigenvalue weighted by molar-refractivity contribution is 9.10. The number of hydrogen-bond donors (Lipinski definition) is 0. The number of carbonyl (C=O) groups is 1. The van der Waals surface area contributed by atoms with Gasteiger partial charge < -0.3 is 14.5 Å². The maximum absolute atomic E-state index is 13.3. The summed E-state index contributed by atoms with van der Waals surface area (Å²) in [6.07, 6.45) is 0. The van der Waals surface area contributed by atoms with E-state index in [-0.39, 0.29) is 5.91 Å². The predicted octanol–water partition coefficient (Wildman–Crippen LogP) is 5.87. The quantitative estimate of drug-likeness (QED) is 0.487. The molecule has 1 aliphatic heterocycles. The standard InChI is InChI=1S/C21H18BrFN2O2S/c1-24-9-10-25(17-5-3-2-4-16(17)24)21(26)20-19(8-11-28-20)27-18-7-6-14(13-23)12-15(18)22/h2-8,11-12H,9-10,13H2,1H3. The molecule has 0 saturated carbocycles. The number of thiophene rings is 1. The fraction of sp³-hybridized carbons (Fsp3) is 0.190. The van der Waals surface area contributed by atoms with E-state index in [1.54, 1.807) is 29.2 Å². The Labute approximate surface area is 175 Å². The Balaban J connectivity index is 1.63. The number of carbonyl (C=O) groups excluding carboxylic acids is 1. The van der Waals surface area contributed by atoms with Gasteiger partial charge in [0, 0.05) is 20.1 Å². The second kappa shape index (κ2) is 7.93. The van der Waals surface area contributed by atoms with Crippen molar-refractivity contribution in [2.24, 2.45) is 0 Å². The van der Waals surface area contributed by atoms with Crippen LogP contribution >= 0.6 is 27.3 Å². The molecule has 3 aromatic rings. The number of nitrogens with zero attached hydrogens (tertiary/aromatic N) is 2. The first-order valence-electron chi connectivity index (χ1n) is 8.80. The number of ether oxygens (including phenoxy) is 1. The highest BCUT2D eigenvalue weighted by Crippen LogP contribution is 2.38. The Kier molecular flexibility index (Phi) is 5.37. The molecule has 1 aromatic heterocycles. The molecule has 0 atom stereocenters. The number of fused-ring (bicyclic) bond motifs is 1. The van der Waals surface area contributed by atoms with E-state index in [1.807, 2.05) is 36.7 Å². The van der Waals surface area contributed by atoms with Crippen LogP contribution in [-0.4, -0.2) is 26.0 Å². The second-order valence-corrected chi connectivity index (χ2v) is 8.25. The third kappa shape index (κ3) is 3.52. The molecule has 28 heavy (non-hydrogen) atoms. The summed E-state index contributed by atoms with van der Waals surface area (Å²) >= 11 is 4.77. The van der Waals surface area contributed by atoms with Crippen LogP contribution in [0, 0.1) is 0 Å². The number of amides is 1. The molecule has 0 bridgehead atoms. The number of alkyl halides is 1. The minimum atomic E-state index is -0.538. The average molecular weight is 461 g/mol. The van der Waals surface area contributed by atoms with Crippen LogP contribution in [0.2, 0.25) is 0 Å². The van der Waals surface area contributed by atoms with Gasteiger partial charge in [-0.05, 0) is 57.2 Å². The van der Waals surface area contributed by atoms with E-state index in [1.165, 1.54) is 11.3 Å². The van der Waals surface area contributed by atoms with Gasteiger partial charge in [-0.3, -0.25) is 4.79 Å². The van der Waals surface area contributed by atoms with Gasteiger partial charge in [-0.2, -0.15) is 0 Å². The first-order chi connectivity index (χ1) is 13.6. The van der Waals surface area contributed by atoms with E-state index in [2.05, 4.69) is 20.8 Å². The predicted molar refractivity (Wildman–Crippen MR) is 115 cm³/mol. The van der Waals surface area contributed by atoms with Crippen LogP contribution in [0.25, 0.3) is 0 Å². The number of para-hydroxylation sites is 2. The van der Waals surface area contributed by atoms with Crippen molar-refractivity contribution in [2.45, 2.75) is 6.67 Å². The molecule has 0 radical (unpaired) electrons. The summed E-state index contributed by atoms with van der Waals surface area (Å²) in [6.45, 7) is 0.836. The van der Waals surface area contributed by atoms with Gasteiger partial charge in [0.05, 0.1) is 15.8 Å². The van der Waals surface area contributed by atoms with Gasteiger partial charge in [0.1, 0.15) is 17.3 Å². The van der Waals surface area contributed by atoms with Crippen LogP contribution in [-0.2, 0) is 6.67 Å². The molecule has 0 spiro atoms. The van der Waals surface area contributed by atoms with Gasteiger partial charge in [-0.25, -0.2) is 4.39 Å². The molecule has 1 amide bonds. The van der Waals surface area contributed by atoms with Crippen molar-refractivity contribution in [3.63, 3.8) is 0 Å². The van der Waals surface area contributed by atoms with E-state index in [0.29, 0.717) is 33.0 Å². The van der Waals surface area contributed by atoms with E-state index in [9.17, 15) is 9.18 Å². The molecule has 0 unspecified atom stereocenters. The monoisotopic (exact) mass is 460 g/mol. The molecule has 4 nitrogen and oxygen atoms in total. The number of likely N-dealkylation sites (N-methyl/N-ethyl adjacent to an activating group) is 1. The van der Waals surface area contributed by atoms with Crippen molar-refractivity contribution in [1.29, 1.82) is 0 Å². The maximum atomic E-state index is 13.3. The van der Waals surface area contributed by atoms with Gasteiger partial charge in [-0.1, -0.05) is 18.2 Å². The Morgan fingerprint density at radius 2 is 1.93 bits per heavy atom. The largest absolute Gasteiger partial charge is 0.454 e. The van der Waals surface area contributed by atoms with E-state index < -0.39 is 6.67 Å². The minimum Gasteiger partial charge on any atom is -0.454 e. The molecule has 1 aliphatic rings. The van der Waals surface area contributed by atoms with Gasteiger partial charge in [0.2, 0.25) is 0 Å². The summed E-state index contributed by atoms with van der Waals surface area (Å²) < 4.78 is 19.5. The lowest BCUT2D eigenvalue weighted by Gasteiger charge is -2.35. The molecular formula is C21H18BrFN2O2S. The molecule has 0 aliphatic carbocycles. The summed E-state index contributed by atoms with van der Waals surface area (Å²) in [5.74, 6) is 0.964. The van der Waals surface area contributed by atoms with Gasteiger partial charge in [0.25, 0.3) is 5.91 Å². The zero-order chi connectivity index (χ0) is 19.7. The van der Waals surface area contributed by atoms with E-state index in [4.69, 9.17) is 4.74 Å². The fourth-order valence-electron chi connectivity index (χ4n) is 3.20. The van der Waals surface area contributed by atoms with Crippen LogP contribution in [0.15, 0.2) is 58.4 Å². The van der Waals surface area contributed by atoms with Crippen LogP contribution < -0.4 is 14.5 Å². The lowest BCUT2D eigenvalue weighted by atomic mass is 10.1. The van der Waals surface area contributed by atoms with Crippen molar-refractivity contribution in [1.82, 2.24) is 0 Å². The van der Waals surface area contributed by atoms with Gasteiger partial charge in [0.15, 0.2) is 5.75 Å². The molecule has 0 saturated heterocycles. The highest BCUT2D eigenvalue weighted by atomic mass is 79.9. The Hall–Kier alpha value is -2.38. The van der Waals surface area contributed by atoms with Crippen molar-refractivity contribution in [3.8, 4) is 11.5 Å². The number of halogens is 2. The third-order valence-electron chi connectivity index (χ3n) is 4.68. The Bertz CT molecular complexity index is 1020. The molecule has 4 rings (SSSR count). The van der Waals surface area contributed by atoms with Gasteiger partial charge in [-0.15, -0.1) is 11.3 Å². The fourth-order valence-corrected chi connectivity index (χ4v) is 4.47. The molecule has 144 valence electrons. The van der Waals surface area contributed by atoms with Crippen molar-refractivity contribution < 1.29 is 13.9 Å². The topological polar surface area (TPSA) is 32.8 Å². The minimum absolute atomic E-state index is 0.0814. The Morgan fingerprint density at radius 1 is 1.14 bits per heavy atom. The van der Waals surface area contributed by atoms with Crippen LogP contribution in [0.4, 0.5) is 15.8 Å². The zero-order valence-corrected chi connectivity index (χ0v) is 17.6. The average Bonchev–Trinajstić information content (AvgIpc) is 3.18. The maximum Gasteiger partial charge on any atom is 0.272 e.